The number of sulfonamides is 1. The molecule has 18 nitrogen and oxygen atoms in total. The number of rotatable bonds is 37. The van der Waals surface area contributed by atoms with Crippen LogP contribution in [0.2, 0.25) is 0 Å². The summed E-state index contributed by atoms with van der Waals surface area (Å²) >= 11 is 0. The lowest BCUT2D eigenvalue weighted by Gasteiger charge is -2.10. The number of carbonyl (C=O) groups is 4. The number of nitrogens with zero attached hydrogens (tertiary/aromatic N) is 2. The average molecular weight is 858 g/mol. The molecule has 0 aliphatic carbocycles. The van der Waals surface area contributed by atoms with Crippen LogP contribution in [0.1, 0.15) is 100 Å². The van der Waals surface area contributed by atoms with Crippen molar-refractivity contribution in [2.75, 3.05) is 77.3 Å². The van der Waals surface area contributed by atoms with Crippen molar-refractivity contribution < 1.29 is 65.9 Å². The predicted molar refractivity (Wildman–Crippen MR) is 213 cm³/mol. The van der Waals surface area contributed by atoms with Crippen LogP contribution in [0, 0.1) is 5.82 Å². The van der Waals surface area contributed by atoms with E-state index in [9.17, 15) is 32.0 Å². The molecule has 1 aromatic carbocycles. The standard InChI is InChI=1S/C39H60FN5O13S/c40-33-26-32(15-16-34(33)58-19-13-11-9-7-5-3-1-2-4-6-8-10-12-14-36(47)48)59(52,53)45-39-43-27-31(28-44-39)38(51)42-18-21-55-22-24-56-29-35(46)41-17-20-54-23-25-57-30-37(49)50/h15-16,26-28H,1-14,17-25,29-30H2,(H,41,46)(H,42,51)(H,47,48)(H,49,50)(H,43,44,45). The molecule has 1 heterocycles. The summed E-state index contributed by atoms with van der Waals surface area (Å²) in [6, 6.07) is 3.34. The quantitative estimate of drug-likeness (QED) is 0.0593. The number of carboxylic acid groups (broad SMARTS) is 2. The largest absolute Gasteiger partial charge is 0.491 e. The van der Waals surface area contributed by atoms with Crippen LogP contribution < -0.4 is 20.1 Å². The zero-order valence-corrected chi connectivity index (χ0v) is 34.4. The van der Waals surface area contributed by atoms with Crippen molar-refractivity contribution in [1.29, 1.82) is 0 Å². The summed E-state index contributed by atoms with van der Waals surface area (Å²) in [5, 5.41) is 22.3. The number of halogens is 1. The van der Waals surface area contributed by atoms with Crippen molar-refractivity contribution in [3.63, 3.8) is 0 Å². The van der Waals surface area contributed by atoms with Gasteiger partial charge in [-0.1, -0.05) is 70.6 Å². The van der Waals surface area contributed by atoms with Crippen molar-refractivity contribution in [2.24, 2.45) is 0 Å². The Morgan fingerprint density at radius 2 is 1.15 bits per heavy atom. The van der Waals surface area contributed by atoms with E-state index in [0.29, 0.717) is 6.61 Å². The molecule has 0 aliphatic heterocycles. The van der Waals surface area contributed by atoms with Gasteiger partial charge in [0.2, 0.25) is 11.9 Å². The van der Waals surface area contributed by atoms with Gasteiger partial charge in [-0.25, -0.2) is 32.3 Å². The molecule has 0 saturated heterocycles. The van der Waals surface area contributed by atoms with Gasteiger partial charge in [0, 0.05) is 31.9 Å². The first kappa shape index (κ1) is 50.6. The highest BCUT2D eigenvalue weighted by atomic mass is 32.2. The molecular formula is C39H60FN5O13S. The molecule has 5 N–H and O–H groups in total. The van der Waals surface area contributed by atoms with Gasteiger partial charge in [-0.3, -0.25) is 14.4 Å². The lowest BCUT2D eigenvalue weighted by molar-refractivity contribution is -0.143. The molecule has 332 valence electrons. The number of anilines is 1. The molecule has 2 aromatic rings. The number of ether oxygens (including phenoxy) is 5. The molecule has 0 aliphatic rings. The van der Waals surface area contributed by atoms with Gasteiger partial charge < -0.3 is 44.5 Å². The van der Waals surface area contributed by atoms with E-state index in [1.165, 1.54) is 44.2 Å². The Labute approximate surface area is 345 Å². The molecule has 1 aromatic heterocycles. The van der Waals surface area contributed by atoms with E-state index in [2.05, 4.69) is 25.3 Å². The van der Waals surface area contributed by atoms with Gasteiger partial charge in [-0.05, 0) is 31.0 Å². The van der Waals surface area contributed by atoms with Crippen molar-refractivity contribution in [3.05, 3.63) is 42.0 Å². The van der Waals surface area contributed by atoms with E-state index in [1.807, 2.05) is 0 Å². The van der Waals surface area contributed by atoms with E-state index in [0.717, 1.165) is 69.8 Å². The molecule has 20 heteroatoms. The minimum Gasteiger partial charge on any atom is -0.491 e. The Hall–Kier alpha value is -4.50. The third-order valence-corrected chi connectivity index (χ3v) is 9.77. The summed E-state index contributed by atoms with van der Waals surface area (Å²) < 4.78 is 68.8. The fraction of sp³-hybridized carbons (Fsp3) is 0.641. The third-order valence-electron chi connectivity index (χ3n) is 8.45. The average Bonchev–Trinajstić information content (AvgIpc) is 3.20. The number of aromatic nitrogens is 2. The first-order valence-corrected chi connectivity index (χ1v) is 21.5. The number of hydrogen-bond acceptors (Lipinski definition) is 13. The topological polar surface area (TPSA) is 251 Å². The number of hydrogen-bond donors (Lipinski definition) is 5. The zero-order valence-electron chi connectivity index (χ0n) is 33.6. The van der Waals surface area contributed by atoms with Gasteiger partial charge in [0.05, 0.1) is 56.7 Å². The van der Waals surface area contributed by atoms with Crippen LogP contribution in [0.4, 0.5) is 10.3 Å². The molecule has 0 fully saturated rings. The Balaban J connectivity index is 1.52. The van der Waals surface area contributed by atoms with Gasteiger partial charge in [0.25, 0.3) is 15.9 Å². The molecular weight excluding hydrogens is 798 g/mol. The highest BCUT2D eigenvalue weighted by molar-refractivity contribution is 7.92. The van der Waals surface area contributed by atoms with Crippen LogP contribution in [0.25, 0.3) is 0 Å². The zero-order chi connectivity index (χ0) is 43.0. The SMILES string of the molecule is O=C(O)CCCCCCCCCCCCCCCOc1ccc(S(=O)(=O)Nc2ncc(C(=O)NCCOCCOCC(=O)NCCOCCOCC(=O)O)cn2)cc1F. The number of amides is 2. The van der Waals surface area contributed by atoms with Gasteiger partial charge >= 0.3 is 11.9 Å². The Morgan fingerprint density at radius 3 is 1.71 bits per heavy atom. The van der Waals surface area contributed by atoms with E-state index >= 15 is 0 Å². The number of benzene rings is 1. The van der Waals surface area contributed by atoms with Crippen LogP contribution in [0.15, 0.2) is 35.5 Å². The third kappa shape index (κ3) is 25.6. The van der Waals surface area contributed by atoms with E-state index in [-0.39, 0.29) is 93.8 Å². The Bertz CT molecular complexity index is 1620. The maximum absolute atomic E-state index is 14.7. The fourth-order valence-corrected chi connectivity index (χ4v) is 6.33. The first-order valence-electron chi connectivity index (χ1n) is 20.0. The lowest BCUT2D eigenvalue weighted by Crippen LogP contribution is -2.31. The van der Waals surface area contributed by atoms with Gasteiger partial charge in [-0.2, -0.15) is 0 Å². The number of carboxylic acids is 2. The fourth-order valence-electron chi connectivity index (χ4n) is 5.36. The number of aliphatic carboxylic acids is 2. The predicted octanol–water partition coefficient (Wildman–Crippen LogP) is 4.34. The van der Waals surface area contributed by atoms with E-state index in [1.54, 1.807) is 0 Å². The lowest BCUT2D eigenvalue weighted by atomic mass is 10.0. The van der Waals surface area contributed by atoms with Gasteiger partial charge in [0.15, 0.2) is 11.6 Å². The van der Waals surface area contributed by atoms with Crippen LogP contribution in [-0.2, 0) is 43.4 Å². The molecule has 2 amide bonds. The number of unbranched alkanes of at least 4 members (excludes halogenated alkanes) is 12. The highest BCUT2D eigenvalue weighted by Gasteiger charge is 2.19. The summed E-state index contributed by atoms with van der Waals surface area (Å²) in [6.45, 7) is 1.15. The van der Waals surface area contributed by atoms with Crippen LogP contribution >= 0.6 is 0 Å². The Morgan fingerprint density at radius 1 is 0.627 bits per heavy atom. The second kappa shape index (κ2) is 31.4. The summed E-state index contributed by atoms with van der Waals surface area (Å²) in [5.41, 5.74) is 0.0674. The molecule has 59 heavy (non-hydrogen) atoms. The van der Waals surface area contributed by atoms with Crippen LogP contribution in [0.3, 0.4) is 0 Å². The second-order valence-electron chi connectivity index (χ2n) is 13.4. The van der Waals surface area contributed by atoms with Gasteiger partial charge in [0.1, 0.15) is 13.2 Å². The van der Waals surface area contributed by atoms with Crippen LogP contribution in [0.5, 0.6) is 5.75 Å². The normalized spacial score (nSPS) is 11.3. The molecule has 0 spiro atoms. The van der Waals surface area contributed by atoms with Crippen molar-refractivity contribution >= 4 is 39.7 Å². The molecule has 0 bridgehead atoms. The number of nitrogens with one attached hydrogen (secondary N) is 3. The summed E-state index contributed by atoms with van der Waals surface area (Å²) in [7, 11) is -4.24. The highest BCUT2D eigenvalue weighted by Crippen LogP contribution is 2.23. The maximum atomic E-state index is 14.7. The minimum atomic E-state index is -4.24. The molecule has 0 atom stereocenters. The molecule has 0 radical (unpaired) electrons. The monoisotopic (exact) mass is 857 g/mol. The first-order chi connectivity index (χ1) is 28.5. The van der Waals surface area contributed by atoms with E-state index < -0.39 is 40.3 Å². The summed E-state index contributed by atoms with van der Waals surface area (Å²) in [4.78, 5) is 52.4. The van der Waals surface area contributed by atoms with Crippen molar-refractivity contribution in [1.82, 2.24) is 20.6 Å². The van der Waals surface area contributed by atoms with Crippen LogP contribution in [-0.4, -0.2) is 125 Å². The smallest absolute Gasteiger partial charge is 0.329 e. The van der Waals surface area contributed by atoms with Crippen molar-refractivity contribution in [3.8, 4) is 5.75 Å². The van der Waals surface area contributed by atoms with E-state index in [4.69, 9.17) is 33.9 Å². The number of carbonyl (C=O) groups excluding carboxylic acids is 2. The molecule has 0 unspecified atom stereocenters. The Kier molecular flexibility index (Phi) is 27.0. The molecule has 0 saturated carbocycles. The van der Waals surface area contributed by atoms with Gasteiger partial charge in [-0.15, -0.1) is 0 Å². The summed E-state index contributed by atoms with van der Waals surface area (Å²) in [6.07, 6.45) is 16.4. The second-order valence-corrected chi connectivity index (χ2v) is 15.1. The van der Waals surface area contributed by atoms with Crippen molar-refractivity contribution in [2.45, 2.75) is 94.8 Å². The minimum absolute atomic E-state index is 0.0447. The maximum Gasteiger partial charge on any atom is 0.329 e. The summed E-state index contributed by atoms with van der Waals surface area (Å²) in [5.74, 6) is -3.83. The molecule has 2 rings (SSSR count).